The average molecular weight is 562 g/mol. The Kier molecular flexibility index (Phi) is 12.4. The van der Waals surface area contributed by atoms with Crippen molar-refractivity contribution in [2.75, 3.05) is 26.7 Å². The number of carbonyl (C=O) groups excluding carboxylic acids is 3. The van der Waals surface area contributed by atoms with Gasteiger partial charge >= 0.3 is 0 Å². The first kappa shape index (κ1) is 31.9. The molecule has 0 atom stereocenters. The molecule has 0 aliphatic rings. The van der Waals surface area contributed by atoms with Crippen LogP contribution in [0.4, 0.5) is 0 Å². The van der Waals surface area contributed by atoms with Crippen molar-refractivity contribution >= 4 is 28.6 Å². The maximum Gasteiger partial charge on any atom is 0.262 e. The SMILES string of the molecule is CCCCc1ccc(C(=O)n2c(C)c(CC(=O)NCCCCCCC(=O)N(CC)CC)c3cc(OC)ccc32)cc1. The molecule has 1 aromatic heterocycles. The number of ether oxygens (including phenoxy) is 1. The van der Waals surface area contributed by atoms with Crippen molar-refractivity contribution in [3.05, 3.63) is 64.8 Å². The van der Waals surface area contributed by atoms with Crippen LogP contribution in [0.5, 0.6) is 5.75 Å². The van der Waals surface area contributed by atoms with E-state index in [-0.39, 0.29) is 24.1 Å². The molecular formula is C34H47N3O4. The number of unbranched alkanes of at least 4 members (excludes halogenated alkanes) is 4. The van der Waals surface area contributed by atoms with Crippen molar-refractivity contribution in [1.82, 2.24) is 14.8 Å². The van der Waals surface area contributed by atoms with Gasteiger partial charge in [0, 0.05) is 42.7 Å². The lowest BCUT2D eigenvalue weighted by molar-refractivity contribution is -0.131. The highest BCUT2D eigenvalue weighted by Crippen LogP contribution is 2.31. The number of carbonyl (C=O) groups is 3. The predicted molar refractivity (Wildman–Crippen MR) is 166 cm³/mol. The maximum atomic E-state index is 13.7. The van der Waals surface area contributed by atoms with Crippen LogP contribution >= 0.6 is 0 Å². The number of aryl methyl sites for hydroxylation is 1. The number of benzene rings is 2. The fraction of sp³-hybridized carbons (Fsp3) is 0.500. The molecule has 1 heterocycles. The van der Waals surface area contributed by atoms with Crippen LogP contribution in [0.1, 0.15) is 92.9 Å². The molecule has 7 nitrogen and oxygen atoms in total. The largest absolute Gasteiger partial charge is 0.497 e. The van der Waals surface area contributed by atoms with Crippen molar-refractivity contribution in [1.29, 1.82) is 0 Å². The number of rotatable bonds is 16. The molecule has 0 bridgehead atoms. The number of aromatic nitrogens is 1. The molecule has 2 amide bonds. The van der Waals surface area contributed by atoms with E-state index in [0.29, 0.717) is 24.3 Å². The zero-order valence-corrected chi connectivity index (χ0v) is 25.6. The summed E-state index contributed by atoms with van der Waals surface area (Å²) < 4.78 is 7.18. The highest BCUT2D eigenvalue weighted by molar-refractivity contribution is 6.05. The van der Waals surface area contributed by atoms with Gasteiger partial charge in [0.1, 0.15) is 5.75 Å². The molecular weight excluding hydrogens is 514 g/mol. The Bertz CT molecular complexity index is 1310. The summed E-state index contributed by atoms with van der Waals surface area (Å²) in [6, 6.07) is 13.5. The van der Waals surface area contributed by atoms with Crippen LogP contribution in [0.3, 0.4) is 0 Å². The minimum atomic E-state index is -0.106. The Morgan fingerprint density at radius 3 is 2.27 bits per heavy atom. The predicted octanol–water partition coefficient (Wildman–Crippen LogP) is 6.47. The van der Waals surface area contributed by atoms with E-state index >= 15 is 0 Å². The third kappa shape index (κ3) is 8.44. The Morgan fingerprint density at radius 1 is 0.902 bits per heavy atom. The lowest BCUT2D eigenvalue weighted by Crippen LogP contribution is -2.30. The van der Waals surface area contributed by atoms with Gasteiger partial charge in [0.25, 0.3) is 5.91 Å². The van der Waals surface area contributed by atoms with E-state index in [2.05, 4.69) is 12.2 Å². The Labute approximate surface area is 245 Å². The molecule has 2 aromatic carbocycles. The van der Waals surface area contributed by atoms with Crippen molar-refractivity contribution in [2.24, 2.45) is 0 Å². The minimum absolute atomic E-state index is 0.0700. The summed E-state index contributed by atoms with van der Waals surface area (Å²) >= 11 is 0. The summed E-state index contributed by atoms with van der Waals surface area (Å²) in [5, 5.41) is 3.89. The third-order valence-electron chi connectivity index (χ3n) is 7.86. The number of nitrogens with one attached hydrogen (secondary N) is 1. The molecule has 41 heavy (non-hydrogen) atoms. The van der Waals surface area contributed by atoms with Gasteiger partial charge in [0.15, 0.2) is 0 Å². The van der Waals surface area contributed by atoms with E-state index in [1.165, 1.54) is 5.56 Å². The quantitative estimate of drug-likeness (QED) is 0.203. The third-order valence-corrected chi connectivity index (χ3v) is 7.86. The molecule has 0 spiro atoms. The molecule has 0 unspecified atom stereocenters. The highest BCUT2D eigenvalue weighted by Gasteiger charge is 2.22. The summed E-state index contributed by atoms with van der Waals surface area (Å²) in [4.78, 5) is 40.6. The molecule has 7 heteroatoms. The van der Waals surface area contributed by atoms with Gasteiger partial charge in [0.05, 0.1) is 19.0 Å². The van der Waals surface area contributed by atoms with Gasteiger partial charge in [-0.05, 0) is 87.9 Å². The first-order chi connectivity index (χ1) is 19.8. The molecule has 222 valence electrons. The zero-order chi connectivity index (χ0) is 29.8. The Hall–Kier alpha value is -3.61. The van der Waals surface area contributed by atoms with Gasteiger partial charge in [-0.25, -0.2) is 0 Å². The molecule has 3 rings (SSSR count). The lowest BCUT2D eigenvalue weighted by atomic mass is 10.1. The van der Waals surface area contributed by atoms with Crippen LogP contribution < -0.4 is 10.1 Å². The highest BCUT2D eigenvalue weighted by atomic mass is 16.5. The standard InChI is InChI=1S/C34H47N3O4/c1-6-9-14-26-16-18-27(19-17-26)34(40)37-25(4)29(30-23-28(41-5)20-21-31(30)37)24-32(38)35-22-13-11-10-12-15-33(39)36(7-2)8-3/h16-21,23H,6-15,22,24H2,1-5H3,(H,35,38). The van der Waals surface area contributed by atoms with E-state index in [1.54, 1.807) is 11.7 Å². The number of nitrogens with zero attached hydrogens (tertiary/aromatic N) is 2. The summed E-state index contributed by atoms with van der Waals surface area (Å²) in [6.07, 6.45) is 7.71. The van der Waals surface area contributed by atoms with E-state index in [0.717, 1.165) is 80.2 Å². The first-order valence-corrected chi connectivity index (χ1v) is 15.2. The average Bonchev–Trinajstić information content (AvgIpc) is 3.25. The number of hydrogen-bond acceptors (Lipinski definition) is 4. The van der Waals surface area contributed by atoms with Gasteiger partial charge in [-0.1, -0.05) is 38.3 Å². The summed E-state index contributed by atoms with van der Waals surface area (Å²) in [7, 11) is 1.61. The molecule has 0 radical (unpaired) electrons. The van der Waals surface area contributed by atoms with E-state index in [9.17, 15) is 14.4 Å². The molecule has 0 saturated heterocycles. The van der Waals surface area contributed by atoms with Gasteiger partial charge in [-0.15, -0.1) is 0 Å². The van der Waals surface area contributed by atoms with Crippen LogP contribution in [0.25, 0.3) is 10.9 Å². The number of methoxy groups -OCH3 is 1. The van der Waals surface area contributed by atoms with Gasteiger partial charge < -0.3 is 15.0 Å². The molecule has 3 aromatic rings. The van der Waals surface area contributed by atoms with Crippen LogP contribution in [-0.4, -0.2) is 53.9 Å². The lowest BCUT2D eigenvalue weighted by Gasteiger charge is -2.18. The fourth-order valence-corrected chi connectivity index (χ4v) is 5.34. The first-order valence-electron chi connectivity index (χ1n) is 15.2. The topological polar surface area (TPSA) is 80.6 Å². The molecule has 0 aliphatic carbocycles. The van der Waals surface area contributed by atoms with E-state index in [1.807, 2.05) is 68.1 Å². The fourth-order valence-electron chi connectivity index (χ4n) is 5.34. The van der Waals surface area contributed by atoms with Crippen LogP contribution in [0.15, 0.2) is 42.5 Å². The Morgan fingerprint density at radius 2 is 1.61 bits per heavy atom. The smallest absolute Gasteiger partial charge is 0.262 e. The number of hydrogen-bond donors (Lipinski definition) is 1. The summed E-state index contributed by atoms with van der Waals surface area (Å²) in [6.45, 7) is 10.2. The molecule has 0 saturated carbocycles. The second-order valence-electron chi connectivity index (χ2n) is 10.6. The molecule has 0 fully saturated rings. The zero-order valence-electron chi connectivity index (χ0n) is 25.6. The second kappa shape index (κ2) is 16.0. The maximum absolute atomic E-state index is 13.7. The van der Waals surface area contributed by atoms with Gasteiger partial charge in [0.2, 0.25) is 11.8 Å². The van der Waals surface area contributed by atoms with Gasteiger partial charge in [-0.2, -0.15) is 0 Å². The Balaban J connectivity index is 1.64. The molecule has 1 N–H and O–H groups in total. The van der Waals surface area contributed by atoms with Crippen LogP contribution in [-0.2, 0) is 22.4 Å². The second-order valence-corrected chi connectivity index (χ2v) is 10.6. The van der Waals surface area contributed by atoms with Crippen LogP contribution in [0, 0.1) is 6.92 Å². The normalized spacial score (nSPS) is 11.0. The van der Waals surface area contributed by atoms with E-state index in [4.69, 9.17) is 4.74 Å². The monoisotopic (exact) mass is 561 g/mol. The van der Waals surface area contributed by atoms with Crippen molar-refractivity contribution < 1.29 is 19.1 Å². The van der Waals surface area contributed by atoms with Crippen molar-refractivity contribution in [3.63, 3.8) is 0 Å². The minimum Gasteiger partial charge on any atom is -0.497 e. The summed E-state index contributed by atoms with van der Waals surface area (Å²) in [5.74, 6) is 0.727. The number of fused-ring (bicyclic) bond motifs is 1. The number of amides is 2. The molecule has 0 aliphatic heterocycles. The van der Waals surface area contributed by atoms with Crippen molar-refractivity contribution in [3.8, 4) is 5.75 Å². The van der Waals surface area contributed by atoms with Gasteiger partial charge in [-0.3, -0.25) is 19.0 Å². The van der Waals surface area contributed by atoms with Crippen LogP contribution in [0.2, 0.25) is 0 Å². The summed E-state index contributed by atoms with van der Waals surface area (Å²) in [5.41, 5.74) is 4.22. The van der Waals surface area contributed by atoms with E-state index < -0.39 is 0 Å². The van der Waals surface area contributed by atoms with Crippen molar-refractivity contribution in [2.45, 2.75) is 85.5 Å².